The van der Waals surface area contributed by atoms with E-state index in [0.29, 0.717) is 66.5 Å². The maximum Gasteiger partial charge on any atom is 0.253 e. The predicted octanol–water partition coefficient (Wildman–Crippen LogP) is 6.25. The number of carbonyl (C=O) groups is 3. The van der Waals surface area contributed by atoms with E-state index in [1.165, 1.54) is 24.6 Å². The van der Waals surface area contributed by atoms with Gasteiger partial charge in [0.25, 0.3) is 11.8 Å². The molecule has 9 nitrogen and oxygen atoms in total. The normalized spacial score (nSPS) is 11.0. The van der Waals surface area contributed by atoms with E-state index in [0.717, 1.165) is 12.5 Å². The molecule has 0 saturated heterocycles. The van der Waals surface area contributed by atoms with E-state index in [1.54, 1.807) is 30.1 Å². The lowest BCUT2D eigenvalue weighted by molar-refractivity contribution is -0.120. The lowest BCUT2D eigenvalue weighted by Gasteiger charge is -2.18. The number of rotatable bonds is 14. The van der Waals surface area contributed by atoms with Crippen LogP contribution in [0.4, 0.5) is 8.78 Å². The summed E-state index contributed by atoms with van der Waals surface area (Å²) in [5.41, 5.74) is 2.01. The summed E-state index contributed by atoms with van der Waals surface area (Å²) in [7, 11) is 1.74. The van der Waals surface area contributed by atoms with Crippen LogP contribution in [-0.4, -0.2) is 66.9 Å². The van der Waals surface area contributed by atoms with Crippen molar-refractivity contribution in [2.45, 2.75) is 73.8 Å². The molecule has 0 fully saturated rings. The molecule has 0 aliphatic rings. The van der Waals surface area contributed by atoms with E-state index in [2.05, 4.69) is 20.9 Å². The van der Waals surface area contributed by atoms with Crippen LogP contribution < -0.4 is 16.0 Å². The minimum absolute atomic E-state index is 0.0426. The van der Waals surface area contributed by atoms with E-state index in [-0.39, 0.29) is 30.3 Å². The van der Waals surface area contributed by atoms with Crippen LogP contribution in [0.15, 0.2) is 53.3 Å². The van der Waals surface area contributed by atoms with Crippen molar-refractivity contribution in [2.75, 3.05) is 33.2 Å². The Morgan fingerprint density at radius 1 is 0.957 bits per heavy atom. The Kier molecular flexibility index (Phi) is 18.7. The summed E-state index contributed by atoms with van der Waals surface area (Å²) >= 11 is 0. The minimum Gasteiger partial charge on any atom is -0.445 e. The molecule has 1 aromatic heterocycles. The number of hydrogen-bond acceptors (Lipinski definition) is 6. The van der Waals surface area contributed by atoms with Crippen LogP contribution in [0.1, 0.15) is 87.6 Å². The standard InChI is InChI=1S/C25H37N5O4.C8H8F2.C2H6/c1-6-10-30(5)25(33)21-13-19(12-20(14-21)24-27-9-11-34-24)23(32)29-18(4)7-8-26-16-22(31)28-15-17(2)3;1-2-6-3-7(9)5-8(10)4-6;1-2/h9,11-14,17-18,26H,6-8,10,15-16H2,1-5H3,(H,28,31)(H,29,32);3-5H,2H2,1H3;1-2H3. The van der Waals surface area contributed by atoms with Crippen molar-refractivity contribution in [1.29, 1.82) is 0 Å². The number of oxazole rings is 1. The molecule has 3 rings (SSSR count). The van der Waals surface area contributed by atoms with Crippen molar-refractivity contribution in [3.8, 4) is 11.5 Å². The summed E-state index contributed by atoms with van der Waals surface area (Å²) in [5, 5.41) is 8.91. The number of amides is 3. The third-order valence-electron chi connectivity index (χ3n) is 6.48. The molecule has 3 N–H and O–H groups in total. The van der Waals surface area contributed by atoms with Gasteiger partial charge in [-0.2, -0.15) is 0 Å². The van der Waals surface area contributed by atoms with E-state index in [1.807, 2.05) is 48.5 Å². The van der Waals surface area contributed by atoms with Crippen LogP contribution in [-0.2, 0) is 11.2 Å². The van der Waals surface area contributed by atoms with Crippen LogP contribution in [0.25, 0.3) is 11.5 Å². The number of nitrogens with one attached hydrogen (secondary N) is 3. The first-order valence-corrected chi connectivity index (χ1v) is 16.0. The Hall–Kier alpha value is -4.12. The van der Waals surface area contributed by atoms with Gasteiger partial charge in [0, 0.05) is 48.9 Å². The largest absolute Gasteiger partial charge is 0.445 e. The quantitative estimate of drug-likeness (QED) is 0.179. The number of benzene rings is 2. The van der Waals surface area contributed by atoms with Crippen LogP contribution in [0.5, 0.6) is 0 Å². The number of nitrogens with zero attached hydrogens (tertiary/aromatic N) is 2. The topological polar surface area (TPSA) is 117 Å². The molecule has 1 atom stereocenters. The second kappa shape index (κ2) is 21.6. The molecule has 1 unspecified atom stereocenters. The van der Waals surface area contributed by atoms with E-state index in [9.17, 15) is 23.2 Å². The fraction of sp³-hybridized carbons (Fsp3) is 0.486. The summed E-state index contributed by atoms with van der Waals surface area (Å²) in [5.74, 6) is -0.758. The maximum absolute atomic E-state index is 13.0. The highest BCUT2D eigenvalue weighted by molar-refractivity contribution is 6.01. The van der Waals surface area contributed by atoms with Crippen molar-refractivity contribution in [3.63, 3.8) is 0 Å². The molecule has 46 heavy (non-hydrogen) atoms. The van der Waals surface area contributed by atoms with Crippen molar-refractivity contribution >= 4 is 17.7 Å². The molecule has 0 radical (unpaired) electrons. The molecule has 0 spiro atoms. The minimum atomic E-state index is -0.503. The Balaban J connectivity index is 0.000000740. The van der Waals surface area contributed by atoms with Gasteiger partial charge in [0.1, 0.15) is 17.9 Å². The van der Waals surface area contributed by atoms with Gasteiger partial charge in [-0.25, -0.2) is 13.8 Å². The number of aryl methyl sites for hydroxylation is 1. The molecule has 2 aromatic carbocycles. The highest BCUT2D eigenvalue weighted by atomic mass is 19.1. The molecule has 3 amide bonds. The van der Waals surface area contributed by atoms with Gasteiger partial charge in [-0.1, -0.05) is 41.5 Å². The zero-order valence-corrected chi connectivity index (χ0v) is 28.5. The Morgan fingerprint density at radius 2 is 1.61 bits per heavy atom. The smallest absolute Gasteiger partial charge is 0.253 e. The summed E-state index contributed by atoms with van der Waals surface area (Å²) in [6.07, 6.45) is 5.11. The summed E-state index contributed by atoms with van der Waals surface area (Å²) in [6.45, 7) is 15.9. The Labute approximate surface area is 272 Å². The van der Waals surface area contributed by atoms with Gasteiger partial charge in [0.2, 0.25) is 11.8 Å². The Morgan fingerprint density at radius 3 is 2.17 bits per heavy atom. The molecule has 0 aliphatic heterocycles. The van der Waals surface area contributed by atoms with Crippen LogP contribution in [0.3, 0.4) is 0 Å². The predicted molar refractivity (Wildman–Crippen MR) is 179 cm³/mol. The van der Waals surface area contributed by atoms with Crippen molar-refractivity contribution < 1.29 is 27.6 Å². The lowest BCUT2D eigenvalue weighted by Crippen LogP contribution is -2.38. The SMILES string of the molecule is CC.CCCN(C)C(=O)c1cc(C(=O)NC(C)CCNCC(=O)NCC(C)C)cc(-c2ncco2)c1.CCc1cc(F)cc(F)c1. The molecule has 0 bridgehead atoms. The summed E-state index contributed by atoms with van der Waals surface area (Å²) in [4.78, 5) is 43.4. The number of hydrogen-bond donors (Lipinski definition) is 3. The maximum atomic E-state index is 13.0. The molecule has 1 heterocycles. The lowest BCUT2D eigenvalue weighted by atomic mass is 10.0. The van der Waals surface area contributed by atoms with Gasteiger partial charge in [-0.05, 0) is 74.5 Å². The van der Waals surface area contributed by atoms with Gasteiger partial charge in [0.15, 0.2) is 0 Å². The third-order valence-corrected chi connectivity index (χ3v) is 6.48. The Bertz CT molecular complexity index is 1330. The third kappa shape index (κ3) is 14.8. The fourth-order valence-corrected chi connectivity index (χ4v) is 4.12. The number of aromatic nitrogens is 1. The van der Waals surface area contributed by atoms with Gasteiger partial charge in [0.05, 0.1) is 12.7 Å². The molecule has 0 saturated carbocycles. The highest BCUT2D eigenvalue weighted by Gasteiger charge is 2.19. The van der Waals surface area contributed by atoms with E-state index >= 15 is 0 Å². The van der Waals surface area contributed by atoms with Gasteiger partial charge >= 0.3 is 0 Å². The van der Waals surface area contributed by atoms with Crippen molar-refractivity contribution in [2.24, 2.45) is 5.92 Å². The first kappa shape index (κ1) is 39.9. The van der Waals surface area contributed by atoms with E-state index in [4.69, 9.17) is 4.42 Å². The highest BCUT2D eigenvalue weighted by Crippen LogP contribution is 2.22. The van der Waals surface area contributed by atoms with Gasteiger partial charge in [-0.15, -0.1) is 0 Å². The second-order valence-electron chi connectivity index (χ2n) is 11.0. The van der Waals surface area contributed by atoms with Gasteiger partial charge in [-0.3, -0.25) is 14.4 Å². The molecular formula is C35H51F2N5O4. The van der Waals surface area contributed by atoms with Crippen LogP contribution >= 0.6 is 0 Å². The fourth-order valence-electron chi connectivity index (χ4n) is 4.12. The van der Waals surface area contributed by atoms with Crippen molar-refractivity contribution in [3.05, 3.63) is 77.2 Å². The van der Waals surface area contributed by atoms with Gasteiger partial charge < -0.3 is 25.3 Å². The van der Waals surface area contributed by atoms with Crippen LogP contribution in [0.2, 0.25) is 0 Å². The summed E-state index contributed by atoms with van der Waals surface area (Å²) < 4.78 is 30.1. The summed E-state index contributed by atoms with van der Waals surface area (Å²) in [6, 6.07) is 8.37. The molecule has 0 aliphatic carbocycles. The average molecular weight is 644 g/mol. The molecule has 3 aromatic rings. The first-order valence-electron chi connectivity index (χ1n) is 16.0. The molecule has 254 valence electrons. The monoisotopic (exact) mass is 643 g/mol. The second-order valence-corrected chi connectivity index (χ2v) is 11.0. The zero-order chi connectivity index (χ0) is 34.6. The number of halogens is 2. The molecular weight excluding hydrogens is 592 g/mol. The molecule has 11 heteroatoms. The van der Waals surface area contributed by atoms with Crippen LogP contribution in [0, 0.1) is 17.6 Å². The first-order chi connectivity index (χ1) is 21.9. The zero-order valence-electron chi connectivity index (χ0n) is 28.5. The average Bonchev–Trinajstić information content (AvgIpc) is 3.58. The van der Waals surface area contributed by atoms with E-state index < -0.39 is 11.6 Å². The number of carbonyl (C=O) groups excluding carboxylic acids is 3. The van der Waals surface area contributed by atoms with Crippen molar-refractivity contribution in [1.82, 2.24) is 25.8 Å².